The molecule has 2 rings (SSSR count). The molecule has 0 radical (unpaired) electrons. The second-order valence-corrected chi connectivity index (χ2v) is 5.03. The van der Waals surface area contributed by atoms with Gasteiger partial charge in [0.05, 0.1) is 0 Å². The van der Waals surface area contributed by atoms with E-state index in [2.05, 4.69) is 24.4 Å². The minimum atomic E-state index is 0.308. The fourth-order valence-corrected chi connectivity index (χ4v) is 2.31. The van der Waals surface area contributed by atoms with Crippen LogP contribution in [0.4, 0.5) is 0 Å². The van der Waals surface area contributed by atoms with Gasteiger partial charge < -0.3 is 11.1 Å². The highest BCUT2D eigenvalue weighted by molar-refractivity contribution is 5.05. The van der Waals surface area contributed by atoms with Gasteiger partial charge in [0.2, 0.25) is 0 Å². The quantitative estimate of drug-likeness (QED) is 0.653. The van der Waals surface area contributed by atoms with E-state index in [9.17, 15) is 0 Å². The zero-order valence-corrected chi connectivity index (χ0v) is 9.13. The third-order valence-corrected chi connectivity index (χ3v) is 3.82. The molecular weight excluding hydrogens is 172 g/mol. The molecule has 14 heavy (non-hydrogen) atoms. The molecule has 2 aliphatic rings. The van der Waals surface area contributed by atoms with Crippen molar-refractivity contribution in [3.63, 3.8) is 0 Å². The van der Waals surface area contributed by atoms with Crippen LogP contribution in [0.25, 0.3) is 0 Å². The fraction of sp³-hybridized carbons (Fsp3) is 0.833. The van der Waals surface area contributed by atoms with Crippen molar-refractivity contribution >= 4 is 0 Å². The Balaban J connectivity index is 1.62. The molecule has 0 saturated heterocycles. The van der Waals surface area contributed by atoms with Crippen LogP contribution in [0, 0.1) is 11.3 Å². The zero-order valence-electron chi connectivity index (χ0n) is 9.13. The van der Waals surface area contributed by atoms with Crippen LogP contribution in [0.3, 0.4) is 0 Å². The molecule has 2 unspecified atom stereocenters. The molecule has 2 aliphatic carbocycles. The predicted octanol–water partition coefficient (Wildman–Crippen LogP) is 1.67. The van der Waals surface area contributed by atoms with Crippen LogP contribution in [0.1, 0.15) is 32.6 Å². The van der Waals surface area contributed by atoms with Crippen molar-refractivity contribution in [3.05, 3.63) is 12.2 Å². The Labute approximate surface area is 86.9 Å². The maximum absolute atomic E-state index is 5.81. The van der Waals surface area contributed by atoms with Crippen LogP contribution in [0.15, 0.2) is 12.2 Å². The lowest BCUT2D eigenvalue weighted by molar-refractivity contribution is 0.421. The molecule has 0 heterocycles. The van der Waals surface area contributed by atoms with Gasteiger partial charge in [0.15, 0.2) is 0 Å². The SMILES string of the molecule is CCC1(CNCC2C=CC(N)C2)CC1. The summed E-state index contributed by atoms with van der Waals surface area (Å²) in [5.41, 5.74) is 6.48. The normalized spacial score (nSPS) is 33.6. The highest BCUT2D eigenvalue weighted by atomic mass is 14.9. The smallest absolute Gasteiger partial charge is 0.0229 e. The van der Waals surface area contributed by atoms with E-state index in [-0.39, 0.29) is 0 Å². The van der Waals surface area contributed by atoms with Crippen molar-refractivity contribution in [2.75, 3.05) is 13.1 Å². The second kappa shape index (κ2) is 4.03. The first-order chi connectivity index (χ1) is 6.74. The van der Waals surface area contributed by atoms with Crippen LogP contribution >= 0.6 is 0 Å². The van der Waals surface area contributed by atoms with Gasteiger partial charge >= 0.3 is 0 Å². The van der Waals surface area contributed by atoms with Crippen molar-refractivity contribution < 1.29 is 0 Å². The van der Waals surface area contributed by atoms with Gasteiger partial charge in [0.25, 0.3) is 0 Å². The van der Waals surface area contributed by atoms with E-state index < -0.39 is 0 Å². The summed E-state index contributed by atoms with van der Waals surface area (Å²) in [7, 11) is 0. The van der Waals surface area contributed by atoms with Crippen molar-refractivity contribution in [3.8, 4) is 0 Å². The molecule has 3 N–H and O–H groups in total. The summed E-state index contributed by atoms with van der Waals surface area (Å²) in [6.45, 7) is 4.63. The predicted molar refractivity (Wildman–Crippen MR) is 60.1 cm³/mol. The first-order valence-corrected chi connectivity index (χ1v) is 5.89. The second-order valence-electron chi connectivity index (χ2n) is 5.03. The van der Waals surface area contributed by atoms with Crippen LogP contribution in [0.2, 0.25) is 0 Å². The first kappa shape index (κ1) is 10.2. The average molecular weight is 194 g/mol. The Morgan fingerprint density at radius 1 is 1.43 bits per heavy atom. The minimum absolute atomic E-state index is 0.308. The topological polar surface area (TPSA) is 38.0 Å². The summed E-state index contributed by atoms with van der Waals surface area (Å²) >= 11 is 0. The number of hydrogen-bond acceptors (Lipinski definition) is 2. The van der Waals surface area contributed by atoms with Crippen molar-refractivity contribution in [2.24, 2.45) is 17.1 Å². The number of nitrogens with one attached hydrogen (secondary N) is 1. The van der Waals surface area contributed by atoms with Crippen molar-refractivity contribution in [2.45, 2.75) is 38.6 Å². The lowest BCUT2D eigenvalue weighted by Crippen LogP contribution is -2.29. The largest absolute Gasteiger partial charge is 0.324 e. The summed E-state index contributed by atoms with van der Waals surface area (Å²) < 4.78 is 0. The van der Waals surface area contributed by atoms with Crippen LogP contribution in [-0.2, 0) is 0 Å². The highest BCUT2D eigenvalue weighted by Gasteiger charge is 2.39. The number of hydrogen-bond donors (Lipinski definition) is 2. The van der Waals surface area contributed by atoms with Gasteiger partial charge in [-0.25, -0.2) is 0 Å². The van der Waals surface area contributed by atoms with E-state index in [0.717, 1.165) is 13.0 Å². The van der Waals surface area contributed by atoms with E-state index in [1.807, 2.05) is 0 Å². The van der Waals surface area contributed by atoms with Gasteiger partial charge in [0.1, 0.15) is 0 Å². The summed E-state index contributed by atoms with van der Waals surface area (Å²) in [5.74, 6) is 0.678. The highest BCUT2D eigenvalue weighted by Crippen LogP contribution is 2.47. The first-order valence-electron chi connectivity index (χ1n) is 5.89. The van der Waals surface area contributed by atoms with Crippen LogP contribution in [0.5, 0.6) is 0 Å². The molecule has 80 valence electrons. The van der Waals surface area contributed by atoms with Gasteiger partial charge in [-0.2, -0.15) is 0 Å². The third kappa shape index (κ3) is 2.37. The lowest BCUT2D eigenvalue weighted by atomic mass is 10.0. The van der Waals surface area contributed by atoms with Gasteiger partial charge in [-0.3, -0.25) is 0 Å². The number of rotatable bonds is 5. The summed E-state index contributed by atoms with van der Waals surface area (Å²) in [6, 6.07) is 0.308. The van der Waals surface area contributed by atoms with E-state index >= 15 is 0 Å². The molecule has 0 spiro atoms. The summed E-state index contributed by atoms with van der Waals surface area (Å²) in [6.07, 6.45) is 9.72. The standard InChI is InChI=1S/C12H22N2/c1-2-12(5-6-12)9-14-8-10-3-4-11(13)7-10/h3-4,10-11,14H,2,5-9,13H2,1H3. The lowest BCUT2D eigenvalue weighted by Gasteiger charge is -2.15. The summed E-state index contributed by atoms with van der Waals surface area (Å²) in [4.78, 5) is 0. The average Bonchev–Trinajstić information content (AvgIpc) is 2.84. The van der Waals surface area contributed by atoms with E-state index in [1.165, 1.54) is 25.8 Å². The Morgan fingerprint density at radius 2 is 2.21 bits per heavy atom. The molecule has 0 amide bonds. The molecule has 0 bridgehead atoms. The van der Waals surface area contributed by atoms with E-state index in [0.29, 0.717) is 17.4 Å². The zero-order chi connectivity index (χ0) is 10.0. The van der Waals surface area contributed by atoms with Crippen molar-refractivity contribution in [1.82, 2.24) is 5.32 Å². The van der Waals surface area contributed by atoms with Gasteiger partial charge in [-0.15, -0.1) is 0 Å². The number of nitrogens with two attached hydrogens (primary N) is 1. The molecule has 2 atom stereocenters. The van der Waals surface area contributed by atoms with Crippen LogP contribution < -0.4 is 11.1 Å². The van der Waals surface area contributed by atoms with E-state index in [4.69, 9.17) is 5.73 Å². The molecule has 0 aromatic carbocycles. The van der Waals surface area contributed by atoms with Gasteiger partial charge in [-0.1, -0.05) is 19.1 Å². The molecule has 1 fully saturated rings. The maximum atomic E-state index is 5.81. The molecule has 0 aromatic heterocycles. The molecule has 2 nitrogen and oxygen atoms in total. The summed E-state index contributed by atoms with van der Waals surface area (Å²) in [5, 5.41) is 3.59. The molecular formula is C12H22N2. The Bertz CT molecular complexity index is 218. The Kier molecular flexibility index (Phi) is 2.93. The van der Waals surface area contributed by atoms with E-state index in [1.54, 1.807) is 0 Å². The molecule has 0 aromatic rings. The Morgan fingerprint density at radius 3 is 2.71 bits per heavy atom. The minimum Gasteiger partial charge on any atom is -0.324 e. The maximum Gasteiger partial charge on any atom is 0.0229 e. The van der Waals surface area contributed by atoms with Gasteiger partial charge in [0, 0.05) is 19.1 Å². The molecule has 0 aliphatic heterocycles. The fourth-order valence-electron chi connectivity index (χ4n) is 2.31. The van der Waals surface area contributed by atoms with Crippen molar-refractivity contribution in [1.29, 1.82) is 0 Å². The monoisotopic (exact) mass is 194 g/mol. The molecule has 1 saturated carbocycles. The molecule has 2 heteroatoms. The Hall–Kier alpha value is -0.340. The third-order valence-electron chi connectivity index (χ3n) is 3.82. The van der Waals surface area contributed by atoms with Crippen LogP contribution in [-0.4, -0.2) is 19.1 Å². The van der Waals surface area contributed by atoms with Gasteiger partial charge in [-0.05, 0) is 37.0 Å².